The van der Waals surface area contributed by atoms with Gasteiger partial charge >= 0.3 is 0 Å². The fourth-order valence-corrected chi connectivity index (χ4v) is 4.95. The Morgan fingerprint density at radius 2 is 1.70 bits per heavy atom. The summed E-state index contributed by atoms with van der Waals surface area (Å²) in [6, 6.07) is 13.0. The second-order valence-electron chi connectivity index (χ2n) is 7.14. The van der Waals surface area contributed by atoms with Gasteiger partial charge in [-0.05, 0) is 57.9 Å². The van der Waals surface area contributed by atoms with Crippen LogP contribution in [0, 0.1) is 6.92 Å². The maximum Gasteiger partial charge on any atom is 0.243 e. The number of ketones is 1. The second kappa shape index (κ2) is 7.82. The van der Waals surface area contributed by atoms with E-state index in [-0.39, 0.29) is 16.8 Å². The van der Waals surface area contributed by atoms with Gasteiger partial charge in [0.05, 0.1) is 17.0 Å². The Kier molecular flexibility index (Phi) is 5.67. The summed E-state index contributed by atoms with van der Waals surface area (Å²) in [6.07, 6.45) is 1.24. The number of benzene rings is 2. The van der Waals surface area contributed by atoms with Gasteiger partial charge in [-0.15, -0.1) is 0 Å². The van der Waals surface area contributed by atoms with Gasteiger partial charge in [0, 0.05) is 12.1 Å². The standard InChI is InChI=1S/C21H25NO4S/c1-15(2)26-18-10-12-19(13-11-18)27(24,25)22-14-4-5-20(22)21(23)17-8-6-16(3)7-9-17/h6-13,15,20H,4-5,14H2,1-3H3. The Morgan fingerprint density at radius 3 is 2.30 bits per heavy atom. The molecule has 1 aliphatic rings. The van der Waals surface area contributed by atoms with Gasteiger partial charge in [-0.25, -0.2) is 8.42 Å². The van der Waals surface area contributed by atoms with E-state index in [9.17, 15) is 13.2 Å². The molecule has 144 valence electrons. The first-order valence-electron chi connectivity index (χ1n) is 9.18. The Bertz CT molecular complexity index is 902. The fraction of sp³-hybridized carbons (Fsp3) is 0.381. The summed E-state index contributed by atoms with van der Waals surface area (Å²) in [5, 5.41) is 0. The lowest BCUT2D eigenvalue weighted by Crippen LogP contribution is -2.40. The fourth-order valence-electron chi connectivity index (χ4n) is 3.30. The van der Waals surface area contributed by atoms with Crippen molar-refractivity contribution in [2.45, 2.75) is 50.7 Å². The molecule has 0 aromatic heterocycles. The smallest absolute Gasteiger partial charge is 0.243 e. The van der Waals surface area contributed by atoms with E-state index < -0.39 is 16.1 Å². The highest BCUT2D eigenvalue weighted by atomic mass is 32.2. The molecular formula is C21H25NO4S. The average Bonchev–Trinajstić information content (AvgIpc) is 3.12. The van der Waals surface area contributed by atoms with Crippen LogP contribution in [0.15, 0.2) is 53.4 Å². The molecule has 6 heteroatoms. The van der Waals surface area contributed by atoms with Gasteiger partial charge in [0.15, 0.2) is 5.78 Å². The molecule has 0 N–H and O–H groups in total. The molecule has 1 atom stereocenters. The minimum atomic E-state index is -3.74. The van der Waals surface area contributed by atoms with E-state index in [0.717, 1.165) is 5.56 Å². The van der Waals surface area contributed by atoms with Crippen LogP contribution in [-0.2, 0) is 10.0 Å². The topological polar surface area (TPSA) is 63.7 Å². The minimum Gasteiger partial charge on any atom is -0.491 e. The van der Waals surface area contributed by atoms with Crippen LogP contribution < -0.4 is 4.74 Å². The van der Waals surface area contributed by atoms with Gasteiger partial charge in [0.2, 0.25) is 10.0 Å². The van der Waals surface area contributed by atoms with Crippen LogP contribution >= 0.6 is 0 Å². The number of carbonyl (C=O) groups excluding carboxylic acids is 1. The number of ether oxygens (including phenoxy) is 1. The molecule has 0 bridgehead atoms. The van der Waals surface area contributed by atoms with Crippen molar-refractivity contribution in [3.05, 3.63) is 59.7 Å². The van der Waals surface area contributed by atoms with Crippen molar-refractivity contribution in [3.63, 3.8) is 0 Å². The third-order valence-corrected chi connectivity index (χ3v) is 6.57. The van der Waals surface area contributed by atoms with Crippen LogP contribution in [0.4, 0.5) is 0 Å². The number of rotatable bonds is 6. The van der Waals surface area contributed by atoms with Gasteiger partial charge in [0.25, 0.3) is 0 Å². The molecule has 27 heavy (non-hydrogen) atoms. The zero-order chi connectivity index (χ0) is 19.6. The van der Waals surface area contributed by atoms with E-state index >= 15 is 0 Å². The van der Waals surface area contributed by atoms with Gasteiger partial charge in [-0.1, -0.05) is 29.8 Å². The number of Topliss-reactive ketones (excluding diaryl/α,β-unsaturated/α-hetero) is 1. The van der Waals surface area contributed by atoms with Crippen molar-refractivity contribution < 1.29 is 17.9 Å². The van der Waals surface area contributed by atoms with E-state index in [1.165, 1.54) is 4.31 Å². The summed E-state index contributed by atoms with van der Waals surface area (Å²) >= 11 is 0. The maximum atomic E-state index is 13.1. The molecule has 0 amide bonds. The lowest BCUT2D eigenvalue weighted by Gasteiger charge is -2.23. The molecule has 1 heterocycles. The molecule has 1 aliphatic heterocycles. The third-order valence-electron chi connectivity index (χ3n) is 4.64. The third kappa shape index (κ3) is 4.22. The van der Waals surface area contributed by atoms with Crippen LogP contribution in [0.5, 0.6) is 5.75 Å². The first-order valence-corrected chi connectivity index (χ1v) is 10.6. The first kappa shape index (κ1) is 19.6. The van der Waals surface area contributed by atoms with Crippen LogP contribution in [-0.4, -0.2) is 37.2 Å². The SMILES string of the molecule is Cc1ccc(C(=O)C2CCCN2S(=O)(=O)c2ccc(OC(C)C)cc2)cc1. The molecule has 1 fully saturated rings. The van der Waals surface area contributed by atoms with E-state index in [0.29, 0.717) is 30.7 Å². The Morgan fingerprint density at radius 1 is 1.07 bits per heavy atom. The van der Waals surface area contributed by atoms with Crippen LogP contribution in [0.3, 0.4) is 0 Å². The summed E-state index contributed by atoms with van der Waals surface area (Å²) in [7, 11) is -3.74. The number of hydrogen-bond acceptors (Lipinski definition) is 4. The van der Waals surface area contributed by atoms with E-state index in [4.69, 9.17) is 4.74 Å². The predicted molar refractivity (Wildman–Crippen MR) is 105 cm³/mol. The Balaban J connectivity index is 1.84. The van der Waals surface area contributed by atoms with Gasteiger partial charge in [0.1, 0.15) is 5.75 Å². The van der Waals surface area contributed by atoms with E-state index in [1.807, 2.05) is 32.9 Å². The molecule has 3 rings (SSSR count). The summed E-state index contributed by atoms with van der Waals surface area (Å²) in [4.78, 5) is 13.1. The van der Waals surface area contributed by atoms with Crippen LogP contribution in [0.2, 0.25) is 0 Å². The van der Waals surface area contributed by atoms with E-state index in [1.54, 1.807) is 36.4 Å². The number of sulfonamides is 1. The number of hydrogen-bond donors (Lipinski definition) is 0. The van der Waals surface area contributed by atoms with Gasteiger partial charge in [-0.2, -0.15) is 4.31 Å². The molecule has 0 spiro atoms. The largest absolute Gasteiger partial charge is 0.491 e. The second-order valence-corrected chi connectivity index (χ2v) is 9.03. The molecule has 2 aromatic rings. The quantitative estimate of drug-likeness (QED) is 0.707. The normalized spacial score (nSPS) is 18.0. The summed E-state index contributed by atoms with van der Waals surface area (Å²) in [5.74, 6) is 0.480. The minimum absolute atomic E-state index is 0.0163. The lowest BCUT2D eigenvalue weighted by molar-refractivity contribution is 0.0918. The molecular weight excluding hydrogens is 362 g/mol. The van der Waals surface area contributed by atoms with Crippen molar-refractivity contribution in [1.29, 1.82) is 0 Å². The van der Waals surface area contributed by atoms with Crippen molar-refractivity contribution >= 4 is 15.8 Å². The molecule has 0 aliphatic carbocycles. The van der Waals surface area contributed by atoms with Gasteiger partial charge < -0.3 is 4.74 Å². The highest BCUT2D eigenvalue weighted by molar-refractivity contribution is 7.89. The Hall–Kier alpha value is -2.18. The maximum absolute atomic E-state index is 13.1. The summed E-state index contributed by atoms with van der Waals surface area (Å²) < 4.78 is 33.1. The molecule has 2 aromatic carbocycles. The predicted octanol–water partition coefficient (Wildman–Crippen LogP) is 3.82. The van der Waals surface area contributed by atoms with Crippen molar-refractivity contribution in [3.8, 4) is 5.75 Å². The molecule has 0 saturated carbocycles. The number of aryl methyl sites for hydroxylation is 1. The summed E-state index contributed by atoms with van der Waals surface area (Å²) in [6.45, 7) is 6.13. The highest BCUT2D eigenvalue weighted by Gasteiger charge is 2.39. The van der Waals surface area contributed by atoms with E-state index in [2.05, 4.69) is 0 Å². The summed E-state index contributed by atoms with van der Waals surface area (Å²) in [5.41, 5.74) is 1.61. The average molecular weight is 388 g/mol. The van der Waals surface area contributed by atoms with Crippen molar-refractivity contribution in [2.75, 3.05) is 6.54 Å². The van der Waals surface area contributed by atoms with Crippen molar-refractivity contribution in [1.82, 2.24) is 4.31 Å². The molecule has 5 nitrogen and oxygen atoms in total. The van der Waals surface area contributed by atoms with Gasteiger partial charge in [-0.3, -0.25) is 4.79 Å². The van der Waals surface area contributed by atoms with Crippen LogP contribution in [0.1, 0.15) is 42.6 Å². The molecule has 0 radical (unpaired) electrons. The first-order chi connectivity index (χ1) is 12.8. The zero-order valence-corrected chi connectivity index (χ0v) is 16.7. The highest BCUT2D eigenvalue weighted by Crippen LogP contribution is 2.29. The van der Waals surface area contributed by atoms with Crippen molar-refractivity contribution in [2.24, 2.45) is 0 Å². The number of carbonyl (C=O) groups is 1. The monoisotopic (exact) mass is 387 g/mol. The molecule has 1 unspecified atom stereocenters. The number of nitrogens with zero attached hydrogens (tertiary/aromatic N) is 1. The van der Waals surface area contributed by atoms with Crippen LogP contribution in [0.25, 0.3) is 0 Å². The molecule has 1 saturated heterocycles. The lowest BCUT2D eigenvalue weighted by atomic mass is 10.0. The Labute approximate surface area is 161 Å². The zero-order valence-electron chi connectivity index (χ0n) is 15.9.